The number of fused-ring (bicyclic) bond motifs is 1. The van der Waals surface area contributed by atoms with Crippen LogP contribution in [0.4, 0.5) is 0 Å². The normalized spacial score (nSPS) is 37.0. The predicted octanol–water partition coefficient (Wildman–Crippen LogP) is 1.82. The van der Waals surface area contributed by atoms with Crippen LogP contribution >= 0.6 is 0 Å². The Morgan fingerprint density at radius 3 is 2.71 bits per heavy atom. The van der Waals surface area contributed by atoms with E-state index in [2.05, 4.69) is 0 Å². The van der Waals surface area contributed by atoms with Gasteiger partial charge in [0.25, 0.3) is 0 Å². The molecule has 0 heterocycles. The lowest BCUT2D eigenvalue weighted by Crippen LogP contribution is -2.29. The average molecular weight is 304 g/mol. The van der Waals surface area contributed by atoms with Crippen molar-refractivity contribution < 1.29 is 19.6 Å². The number of carboxylic acid groups (broad SMARTS) is 1. The van der Waals surface area contributed by atoms with E-state index in [1.807, 2.05) is 30.3 Å². The van der Waals surface area contributed by atoms with Crippen LogP contribution in [-0.4, -0.2) is 26.8 Å². The second-order valence-electron chi connectivity index (χ2n) is 6.18. The van der Waals surface area contributed by atoms with Gasteiger partial charge >= 0.3 is 5.97 Å². The van der Waals surface area contributed by atoms with Crippen molar-refractivity contribution in [2.75, 3.05) is 0 Å². The first-order valence-corrected chi connectivity index (χ1v) is 8.44. The summed E-state index contributed by atoms with van der Waals surface area (Å²) in [6.45, 7) is 0. The molecule has 0 bridgehead atoms. The van der Waals surface area contributed by atoms with Crippen LogP contribution in [0.25, 0.3) is 0 Å². The molecule has 4 rings (SSSR count). The van der Waals surface area contributed by atoms with E-state index in [9.17, 15) is 14.5 Å². The lowest BCUT2D eigenvalue weighted by molar-refractivity contribution is -0.139. The van der Waals surface area contributed by atoms with Crippen molar-refractivity contribution in [2.45, 2.75) is 31.1 Å². The van der Waals surface area contributed by atoms with Crippen LogP contribution in [0.1, 0.15) is 24.8 Å². The van der Waals surface area contributed by atoms with Crippen LogP contribution in [0.5, 0.6) is 0 Å². The van der Waals surface area contributed by atoms with Crippen LogP contribution in [0, 0.1) is 10.8 Å². The fraction of sp³-hybridized carbons (Fsp3) is 0.438. The summed E-state index contributed by atoms with van der Waals surface area (Å²) in [5.41, 5.74) is 1.13. The molecule has 3 aliphatic rings. The van der Waals surface area contributed by atoms with Crippen LogP contribution in [0.15, 0.2) is 40.8 Å². The van der Waals surface area contributed by atoms with Gasteiger partial charge in [-0.05, 0) is 24.0 Å². The highest BCUT2D eigenvalue weighted by Gasteiger charge is 2.95. The van der Waals surface area contributed by atoms with Crippen molar-refractivity contribution in [1.29, 1.82) is 0 Å². The van der Waals surface area contributed by atoms with Gasteiger partial charge in [-0.15, -0.1) is 0 Å². The van der Waals surface area contributed by atoms with E-state index in [1.165, 1.54) is 0 Å². The molecular weight excluding hydrogens is 288 g/mol. The highest BCUT2D eigenvalue weighted by atomic mass is 32.2. The number of hydrogen-bond donors (Lipinski definition) is 2. The average Bonchev–Trinajstić information content (AvgIpc) is 3.25. The van der Waals surface area contributed by atoms with Gasteiger partial charge in [-0.25, -0.2) is 0 Å². The molecule has 0 saturated heterocycles. The minimum atomic E-state index is -1.09. The largest absolute Gasteiger partial charge is 0.611 e. The van der Waals surface area contributed by atoms with Gasteiger partial charge in [0, 0.05) is 11.1 Å². The molecule has 0 radical (unpaired) electrons. The van der Waals surface area contributed by atoms with Gasteiger partial charge in [-0.2, -0.15) is 0 Å². The maximum absolute atomic E-state index is 12.5. The van der Waals surface area contributed by atoms with Crippen molar-refractivity contribution >= 4 is 17.1 Å². The molecule has 5 heteroatoms. The molecule has 21 heavy (non-hydrogen) atoms. The van der Waals surface area contributed by atoms with Crippen LogP contribution in [-0.2, 0) is 21.7 Å². The minimum absolute atomic E-state index is 0.0322. The molecular formula is C16H16O4S. The van der Waals surface area contributed by atoms with Gasteiger partial charge in [0.05, 0.1) is 23.4 Å². The molecule has 1 aromatic carbocycles. The molecule has 2 N–H and O–H groups in total. The first-order valence-electron chi connectivity index (χ1n) is 7.12. The Morgan fingerprint density at radius 2 is 2.10 bits per heavy atom. The van der Waals surface area contributed by atoms with Crippen molar-refractivity contribution in [2.24, 2.45) is 10.8 Å². The van der Waals surface area contributed by atoms with Crippen molar-refractivity contribution in [3.8, 4) is 0 Å². The summed E-state index contributed by atoms with van der Waals surface area (Å²) in [7, 11) is 0. The Hall–Kier alpha value is -1.30. The third kappa shape index (κ3) is 1.51. The maximum Gasteiger partial charge on any atom is 0.304 e. The van der Waals surface area contributed by atoms with Gasteiger partial charge in [-0.1, -0.05) is 30.3 Å². The minimum Gasteiger partial charge on any atom is -0.611 e. The zero-order valence-electron chi connectivity index (χ0n) is 11.4. The molecule has 0 aromatic heterocycles. The van der Waals surface area contributed by atoms with E-state index in [0.717, 1.165) is 22.5 Å². The predicted molar refractivity (Wildman–Crippen MR) is 77.7 cm³/mol. The molecule has 1 unspecified atom stereocenters. The second kappa shape index (κ2) is 4.12. The molecule has 4 atom stereocenters. The van der Waals surface area contributed by atoms with Gasteiger partial charge in [0.15, 0.2) is 0 Å². The SMILES string of the molecule is O=C(O)C[C@@]12C3=C([S+]([O-])Cc4ccccc4)[C@]31CC[C@H]2O. The van der Waals surface area contributed by atoms with E-state index in [0.29, 0.717) is 12.2 Å². The zero-order chi connectivity index (χ0) is 14.8. The van der Waals surface area contributed by atoms with Crippen molar-refractivity contribution in [1.82, 2.24) is 0 Å². The molecule has 2 fully saturated rings. The number of hydrogen-bond acceptors (Lipinski definition) is 3. The fourth-order valence-electron chi connectivity index (χ4n) is 4.39. The maximum atomic E-state index is 12.5. The Morgan fingerprint density at radius 1 is 1.38 bits per heavy atom. The number of allylic oxidation sites excluding steroid dienone is 1. The number of aliphatic hydroxyl groups excluding tert-OH is 1. The number of rotatable bonds is 5. The lowest BCUT2D eigenvalue weighted by atomic mass is 9.88. The molecule has 4 nitrogen and oxygen atoms in total. The number of carboxylic acids is 1. The topological polar surface area (TPSA) is 80.6 Å². The summed E-state index contributed by atoms with van der Waals surface area (Å²) in [4.78, 5) is 12.0. The first-order chi connectivity index (χ1) is 10.0. The summed E-state index contributed by atoms with van der Waals surface area (Å²) in [5, 5.41) is 19.2. The number of benzene rings is 1. The Kier molecular flexibility index (Phi) is 2.62. The monoisotopic (exact) mass is 304 g/mol. The van der Waals surface area contributed by atoms with Gasteiger partial charge in [0.1, 0.15) is 10.7 Å². The van der Waals surface area contributed by atoms with Crippen molar-refractivity contribution in [3.63, 3.8) is 0 Å². The summed E-state index contributed by atoms with van der Waals surface area (Å²) in [6, 6.07) is 9.66. The van der Waals surface area contributed by atoms with E-state index in [-0.39, 0.29) is 11.8 Å². The lowest BCUT2D eigenvalue weighted by Gasteiger charge is -2.23. The van der Waals surface area contributed by atoms with E-state index in [4.69, 9.17) is 5.11 Å². The zero-order valence-corrected chi connectivity index (χ0v) is 12.2. The number of aliphatic carboxylic acids is 1. The molecule has 0 aliphatic heterocycles. The van der Waals surface area contributed by atoms with Crippen LogP contribution in [0.2, 0.25) is 0 Å². The standard InChI is InChI=1S/C16H16O4S/c17-11-6-7-15-13(16(11,15)8-12(18)19)14(15)21(20)9-10-4-2-1-3-5-10/h1-5,11,17H,6-9H2,(H,18,19)/t11-,15+,16-,21?/m1/s1. The van der Waals surface area contributed by atoms with Crippen LogP contribution in [0.3, 0.4) is 0 Å². The van der Waals surface area contributed by atoms with E-state index in [1.54, 1.807) is 0 Å². The highest BCUT2D eigenvalue weighted by molar-refractivity contribution is 7.95. The summed E-state index contributed by atoms with van der Waals surface area (Å²) >= 11 is -1.09. The summed E-state index contributed by atoms with van der Waals surface area (Å²) in [5.74, 6) is -0.413. The Balaban J connectivity index is 1.56. The summed E-state index contributed by atoms with van der Waals surface area (Å²) in [6.07, 6.45) is 0.756. The number of carbonyl (C=O) groups is 1. The molecule has 3 aliphatic carbocycles. The van der Waals surface area contributed by atoms with Gasteiger partial charge in [0.2, 0.25) is 0 Å². The Bertz CT molecular complexity index is 656. The quantitative estimate of drug-likeness (QED) is 0.813. The number of aliphatic hydroxyl groups is 1. The van der Waals surface area contributed by atoms with E-state index >= 15 is 0 Å². The highest BCUT2D eigenvalue weighted by Crippen LogP contribution is 2.94. The Labute approximate surface area is 125 Å². The fourth-order valence-corrected chi connectivity index (χ4v) is 6.34. The molecule has 2 saturated carbocycles. The third-order valence-electron chi connectivity index (χ3n) is 5.28. The summed E-state index contributed by atoms with van der Waals surface area (Å²) < 4.78 is 12.5. The molecule has 1 aromatic rings. The van der Waals surface area contributed by atoms with Crippen molar-refractivity contribution in [3.05, 3.63) is 46.4 Å². The smallest absolute Gasteiger partial charge is 0.304 e. The second-order valence-corrected chi connectivity index (χ2v) is 7.57. The molecule has 110 valence electrons. The van der Waals surface area contributed by atoms with Gasteiger partial charge < -0.3 is 14.8 Å². The molecule has 1 spiro atoms. The third-order valence-corrected chi connectivity index (χ3v) is 6.89. The first kappa shape index (κ1) is 13.4. The van der Waals surface area contributed by atoms with Crippen LogP contribution < -0.4 is 0 Å². The molecule has 0 amide bonds. The van der Waals surface area contributed by atoms with Gasteiger partial charge in [-0.3, -0.25) is 4.79 Å². The van der Waals surface area contributed by atoms with E-state index < -0.39 is 28.7 Å².